The van der Waals surface area contributed by atoms with Crippen molar-refractivity contribution in [3.05, 3.63) is 65.0 Å². The molecule has 2 aliphatic heterocycles. The monoisotopic (exact) mass is 237 g/mol. The van der Waals surface area contributed by atoms with E-state index in [9.17, 15) is 0 Å². The van der Waals surface area contributed by atoms with Crippen LogP contribution in [0.4, 0.5) is 0 Å². The zero-order valence-electron chi connectivity index (χ0n) is 10.7. The van der Waals surface area contributed by atoms with Gasteiger partial charge in [-0.1, -0.05) is 30.3 Å². The molecule has 1 nitrogen and oxygen atoms in total. The predicted octanol–water partition coefficient (Wildman–Crippen LogP) is 3.75. The molecule has 0 fully saturated rings. The Kier molecular flexibility index (Phi) is 3.40. The Morgan fingerprint density at radius 3 is 1.61 bits per heavy atom. The number of fused-ring (bicyclic) bond motifs is 6. The van der Waals surface area contributed by atoms with E-state index in [1.54, 1.807) is 0 Å². The number of rotatable bonds is 0. The lowest BCUT2D eigenvalue weighted by atomic mass is 10.0. The van der Waals surface area contributed by atoms with E-state index in [2.05, 4.69) is 42.5 Å². The summed E-state index contributed by atoms with van der Waals surface area (Å²) in [4.78, 5) is 4.75. The molecule has 3 heterocycles. The van der Waals surface area contributed by atoms with Gasteiger partial charge in [0.25, 0.3) is 0 Å². The van der Waals surface area contributed by atoms with Crippen LogP contribution in [-0.4, -0.2) is 4.98 Å². The third kappa shape index (κ3) is 2.79. The van der Waals surface area contributed by atoms with Crippen LogP contribution in [0.1, 0.15) is 35.4 Å². The van der Waals surface area contributed by atoms with Crippen LogP contribution in [0, 0.1) is 0 Å². The van der Waals surface area contributed by atoms with Crippen LogP contribution in [-0.2, 0) is 25.7 Å². The van der Waals surface area contributed by atoms with Crippen LogP contribution < -0.4 is 0 Å². The van der Waals surface area contributed by atoms with Crippen LogP contribution in [0.3, 0.4) is 0 Å². The van der Waals surface area contributed by atoms with Gasteiger partial charge in [0, 0.05) is 11.4 Å². The highest BCUT2D eigenvalue weighted by molar-refractivity contribution is 5.23. The first-order chi connectivity index (χ1) is 8.90. The number of nitrogens with zero attached hydrogens (tertiary/aromatic N) is 1. The van der Waals surface area contributed by atoms with Gasteiger partial charge in [-0.05, 0) is 61.8 Å². The Labute approximate surface area is 109 Å². The minimum atomic E-state index is 1.09. The zero-order chi connectivity index (χ0) is 12.2. The molecular weight excluding hydrogens is 218 g/mol. The second-order valence-electron chi connectivity index (χ2n) is 5.14. The smallest absolute Gasteiger partial charge is 0.0407 e. The lowest BCUT2D eigenvalue weighted by Gasteiger charge is -2.03. The highest BCUT2D eigenvalue weighted by atomic mass is 14.7. The maximum Gasteiger partial charge on any atom is 0.0407 e. The summed E-state index contributed by atoms with van der Waals surface area (Å²) in [5, 5.41) is 0. The number of aromatic nitrogens is 1. The Bertz CT molecular complexity index is 469. The van der Waals surface area contributed by atoms with Crippen LogP contribution in [0.25, 0.3) is 0 Å². The molecule has 0 spiro atoms. The van der Waals surface area contributed by atoms with Gasteiger partial charge >= 0.3 is 0 Å². The van der Waals surface area contributed by atoms with Gasteiger partial charge in [0.2, 0.25) is 0 Å². The Hall–Kier alpha value is -1.63. The molecule has 1 aromatic heterocycles. The Morgan fingerprint density at radius 2 is 1.11 bits per heavy atom. The number of hydrogen-bond donors (Lipinski definition) is 0. The number of aryl methyl sites for hydroxylation is 4. The molecule has 2 aliphatic rings. The van der Waals surface area contributed by atoms with E-state index in [1.165, 1.54) is 35.4 Å². The summed E-state index contributed by atoms with van der Waals surface area (Å²) in [6.45, 7) is 0. The lowest BCUT2D eigenvalue weighted by molar-refractivity contribution is 0.772. The highest BCUT2D eigenvalue weighted by Gasteiger charge is 2.02. The second-order valence-corrected chi connectivity index (χ2v) is 5.14. The van der Waals surface area contributed by atoms with Gasteiger partial charge in [0.1, 0.15) is 0 Å². The van der Waals surface area contributed by atoms with E-state index < -0.39 is 0 Å². The Balaban J connectivity index is 1.84. The van der Waals surface area contributed by atoms with Crippen molar-refractivity contribution in [3.8, 4) is 0 Å². The molecule has 0 unspecified atom stereocenters. The molecule has 4 rings (SSSR count). The fourth-order valence-corrected chi connectivity index (χ4v) is 2.63. The van der Waals surface area contributed by atoms with E-state index in [0.717, 1.165) is 25.7 Å². The summed E-state index contributed by atoms with van der Waals surface area (Å²) in [7, 11) is 0. The molecule has 18 heavy (non-hydrogen) atoms. The average Bonchev–Trinajstić information content (AvgIpc) is 2.42. The third-order valence-corrected chi connectivity index (χ3v) is 3.68. The number of pyridine rings is 1. The Morgan fingerprint density at radius 1 is 0.611 bits per heavy atom. The molecule has 1 heteroatoms. The average molecular weight is 237 g/mol. The van der Waals surface area contributed by atoms with Crippen molar-refractivity contribution in [3.63, 3.8) is 0 Å². The van der Waals surface area contributed by atoms with Crippen molar-refractivity contribution in [1.29, 1.82) is 0 Å². The van der Waals surface area contributed by atoms with Crippen molar-refractivity contribution in [2.24, 2.45) is 0 Å². The molecule has 4 bridgehead atoms. The van der Waals surface area contributed by atoms with E-state index in [1.807, 2.05) is 0 Å². The molecule has 0 atom stereocenters. The summed E-state index contributed by atoms with van der Waals surface area (Å²) in [5.74, 6) is 0. The van der Waals surface area contributed by atoms with E-state index in [0.29, 0.717) is 0 Å². The van der Waals surface area contributed by atoms with Gasteiger partial charge in [0.05, 0.1) is 0 Å². The summed E-state index contributed by atoms with van der Waals surface area (Å²) < 4.78 is 0. The molecule has 0 saturated heterocycles. The van der Waals surface area contributed by atoms with Gasteiger partial charge in [-0.3, -0.25) is 4.98 Å². The van der Waals surface area contributed by atoms with Gasteiger partial charge in [-0.25, -0.2) is 0 Å². The molecule has 2 aromatic rings. The molecule has 0 radical (unpaired) electrons. The van der Waals surface area contributed by atoms with Crippen LogP contribution in [0.15, 0.2) is 42.5 Å². The lowest BCUT2D eigenvalue weighted by Crippen LogP contribution is -1.97. The summed E-state index contributed by atoms with van der Waals surface area (Å²) in [6.07, 6.45) is 6.88. The summed E-state index contributed by atoms with van der Waals surface area (Å²) >= 11 is 0. The highest BCUT2D eigenvalue weighted by Crippen LogP contribution is 2.13. The second kappa shape index (κ2) is 5.34. The van der Waals surface area contributed by atoms with Crippen molar-refractivity contribution in [1.82, 2.24) is 4.98 Å². The fourth-order valence-electron chi connectivity index (χ4n) is 2.63. The zero-order valence-corrected chi connectivity index (χ0v) is 10.7. The summed E-state index contributed by atoms with van der Waals surface area (Å²) in [6, 6.07) is 15.6. The third-order valence-electron chi connectivity index (χ3n) is 3.68. The predicted molar refractivity (Wildman–Crippen MR) is 74.7 cm³/mol. The first-order valence-electron chi connectivity index (χ1n) is 6.93. The molecule has 0 aliphatic carbocycles. The quantitative estimate of drug-likeness (QED) is 0.680. The largest absolute Gasteiger partial charge is 0.258 e. The number of hydrogen-bond acceptors (Lipinski definition) is 1. The van der Waals surface area contributed by atoms with Crippen LogP contribution >= 0.6 is 0 Å². The SMILES string of the molecule is c1cc2nc(c1)CCCc1ccc(cc1)CCC2. The summed E-state index contributed by atoms with van der Waals surface area (Å²) in [5.41, 5.74) is 5.41. The van der Waals surface area contributed by atoms with Gasteiger partial charge in [-0.15, -0.1) is 0 Å². The first kappa shape index (κ1) is 11.5. The van der Waals surface area contributed by atoms with Gasteiger partial charge < -0.3 is 0 Å². The van der Waals surface area contributed by atoms with E-state index in [4.69, 9.17) is 4.98 Å². The van der Waals surface area contributed by atoms with E-state index in [-0.39, 0.29) is 0 Å². The molecular formula is C17H19N. The van der Waals surface area contributed by atoms with Gasteiger partial charge in [0.15, 0.2) is 0 Å². The minimum Gasteiger partial charge on any atom is -0.258 e. The molecule has 0 amide bonds. The molecule has 0 saturated carbocycles. The first-order valence-corrected chi connectivity index (χ1v) is 6.93. The minimum absolute atomic E-state index is 1.09. The molecule has 1 aromatic carbocycles. The normalized spacial score (nSPS) is 15.6. The fraction of sp³-hybridized carbons (Fsp3) is 0.353. The van der Waals surface area contributed by atoms with Crippen LogP contribution in [0.2, 0.25) is 0 Å². The maximum atomic E-state index is 4.75. The topological polar surface area (TPSA) is 12.9 Å². The van der Waals surface area contributed by atoms with Crippen molar-refractivity contribution >= 4 is 0 Å². The maximum absolute atomic E-state index is 4.75. The van der Waals surface area contributed by atoms with Crippen molar-refractivity contribution in [2.45, 2.75) is 38.5 Å². The van der Waals surface area contributed by atoms with E-state index >= 15 is 0 Å². The molecule has 0 N–H and O–H groups in total. The molecule has 92 valence electrons. The van der Waals surface area contributed by atoms with Crippen molar-refractivity contribution in [2.75, 3.05) is 0 Å². The number of benzene rings is 1. The van der Waals surface area contributed by atoms with Crippen molar-refractivity contribution < 1.29 is 0 Å². The van der Waals surface area contributed by atoms with Crippen LogP contribution in [0.5, 0.6) is 0 Å². The standard InChI is InChI=1S/C17H19N/c1-4-14-10-12-15(13-11-14)5-2-7-17-9-3-8-16(6-1)18-17/h3,8-13H,1-2,4-7H2. The van der Waals surface area contributed by atoms with Gasteiger partial charge in [-0.2, -0.15) is 0 Å².